The van der Waals surface area contributed by atoms with Gasteiger partial charge in [0.1, 0.15) is 0 Å². The van der Waals surface area contributed by atoms with Crippen LogP contribution < -0.4 is 10.6 Å². The predicted octanol–water partition coefficient (Wildman–Crippen LogP) is 4.95. The van der Waals surface area contributed by atoms with E-state index in [1.54, 1.807) is 0 Å². The normalized spacial score (nSPS) is 10.4. The van der Waals surface area contributed by atoms with Crippen molar-refractivity contribution >= 4 is 17.5 Å². The van der Waals surface area contributed by atoms with Crippen LogP contribution >= 0.6 is 0 Å². The van der Waals surface area contributed by atoms with Gasteiger partial charge >= 0.3 is 0 Å². The first-order chi connectivity index (χ1) is 14.1. The fourth-order valence-corrected chi connectivity index (χ4v) is 3.05. The zero-order chi connectivity index (χ0) is 20.5. The molecule has 0 fully saturated rings. The number of anilines is 1. The van der Waals surface area contributed by atoms with Crippen LogP contribution in [-0.2, 0) is 22.6 Å². The van der Waals surface area contributed by atoms with Gasteiger partial charge in [-0.25, -0.2) is 0 Å². The Morgan fingerprint density at radius 2 is 1.34 bits per heavy atom. The molecule has 0 bridgehead atoms. The average molecular weight is 386 g/mol. The molecule has 4 heteroatoms. The van der Waals surface area contributed by atoms with Gasteiger partial charge in [0.25, 0.3) is 0 Å². The third-order valence-corrected chi connectivity index (χ3v) is 4.63. The fourth-order valence-electron chi connectivity index (χ4n) is 3.05. The summed E-state index contributed by atoms with van der Waals surface area (Å²) in [5.41, 5.74) is 5.05. The van der Waals surface area contributed by atoms with E-state index in [0.29, 0.717) is 19.4 Å². The van der Waals surface area contributed by atoms with Crippen molar-refractivity contribution in [2.75, 3.05) is 5.32 Å². The smallest absolute Gasteiger partial charge is 0.224 e. The quantitative estimate of drug-likeness (QED) is 0.575. The van der Waals surface area contributed by atoms with Crippen molar-refractivity contribution in [3.63, 3.8) is 0 Å². The monoisotopic (exact) mass is 386 g/mol. The lowest BCUT2D eigenvalue weighted by Crippen LogP contribution is -2.24. The summed E-state index contributed by atoms with van der Waals surface area (Å²) in [5.74, 6) is 0.00428. The highest BCUT2D eigenvalue weighted by Crippen LogP contribution is 2.19. The highest BCUT2D eigenvalue weighted by molar-refractivity contribution is 5.90. The van der Waals surface area contributed by atoms with Crippen LogP contribution in [0.2, 0.25) is 0 Å². The molecule has 2 N–H and O–H groups in total. The topological polar surface area (TPSA) is 58.2 Å². The van der Waals surface area contributed by atoms with E-state index in [2.05, 4.69) is 22.8 Å². The Morgan fingerprint density at radius 3 is 2.00 bits per heavy atom. The number of amides is 2. The van der Waals surface area contributed by atoms with Gasteiger partial charge in [0.05, 0.1) is 6.42 Å². The summed E-state index contributed by atoms with van der Waals surface area (Å²) in [6.45, 7) is 2.44. The molecule has 0 saturated heterocycles. The van der Waals surface area contributed by atoms with Gasteiger partial charge in [0, 0.05) is 18.7 Å². The Balaban J connectivity index is 1.48. The lowest BCUT2D eigenvalue weighted by molar-refractivity contribution is -0.120. The van der Waals surface area contributed by atoms with Crippen LogP contribution in [0.4, 0.5) is 5.69 Å². The Morgan fingerprint density at radius 1 is 0.724 bits per heavy atom. The summed E-state index contributed by atoms with van der Waals surface area (Å²) < 4.78 is 0. The van der Waals surface area contributed by atoms with Crippen molar-refractivity contribution in [2.45, 2.75) is 32.7 Å². The maximum Gasteiger partial charge on any atom is 0.224 e. The van der Waals surface area contributed by atoms with Crippen molar-refractivity contribution in [1.82, 2.24) is 5.32 Å². The molecular formula is C25H26N2O2. The van der Waals surface area contributed by atoms with Crippen LogP contribution in [0.5, 0.6) is 0 Å². The maximum absolute atomic E-state index is 12.3. The second-order valence-electron chi connectivity index (χ2n) is 7.01. The van der Waals surface area contributed by atoms with Crippen LogP contribution in [-0.4, -0.2) is 11.8 Å². The largest absolute Gasteiger partial charge is 0.352 e. The number of rotatable bonds is 8. The molecular weight excluding hydrogens is 360 g/mol. The first-order valence-corrected chi connectivity index (χ1v) is 9.94. The molecule has 2 amide bonds. The van der Waals surface area contributed by atoms with Crippen LogP contribution in [0.1, 0.15) is 30.9 Å². The van der Waals surface area contributed by atoms with Crippen molar-refractivity contribution < 1.29 is 9.59 Å². The predicted molar refractivity (Wildman–Crippen MR) is 117 cm³/mol. The molecule has 0 aliphatic heterocycles. The van der Waals surface area contributed by atoms with Gasteiger partial charge in [-0.2, -0.15) is 0 Å². The van der Waals surface area contributed by atoms with Crippen LogP contribution in [0.3, 0.4) is 0 Å². The van der Waals surface area contributed by atoms with Gasteiger partial charge < -0.3 is 10.6 Å². The van der Waals surface area contributed by atoms with Gasteiger partial charge in [-0.3, -0.25) is 9.59 Å². The molecule has 0 atom stereocenters. The second-order valence-corrected chi connectivity index (χ2v) is 7.01. The van der Waals surface area contributed by atoms with Gasteiger partial charge in [-0.1, -0.05) is 73.7 Å². The van der Waals surface area contributed by atoms with E-state index < -0.39 is 0 Å². The lowest BCUT2D eigenvalue weighted by Gasteiger charge is -2.08. The summed E-state index contributed by atoms with van der Waals surface area (Å²) in [5, 5.41) is 5.81. The number of hydrogen-bond acceptors (Lipinski definition) is 2. The number of hydrogen-bond donors (Lipinski definition) is 2. The zero-order valence-electron chi connectivity index (χ0n) is 16.7. The minimum atomic E-state index is -0.0159. The lowest BCUT2D eigenvalue weighted by atomic mass is 10.0. The Hall–Kier alpha value is -3.40. The molecule has 0 radical (unpaired) electrons. The standard InChI is InChI=1S/C25H26N2O2/c1-2-6-24(28)27-23-15-11-20(12-16-23)18-26-25(29)17-19-9-13-22(14-10-19)21-7-4-3-5-8-21/h3-5,7-16H,2,6,17-18H2,1H3,(H,26,29)(H,27,28). The molecule has 4 nitrogen and oxygen atoms in total. The third-order valence-electron chi connectivity index (χ3n) is 4.63. The molecule has 0 saturated carbocycles. The van der Waals surface area contributed by atoms with Crippen LogP contribution in [0.25, 0.3) is 11.1 Å². The molecule has 0 aromatic heterocycles. The SMILES string of the molecule is CCCC(=O)Nc1ccc(CNC(=O)Cc2ccc(-c3ccccc3)cc2)cc1. The molecule has 148 valence electrons. The molecule has 3 rings (SSSR count). The number of benzene rings is 3. The van der Waals surface area contributed by atoms with E-state index >= 15 is 0 Å². The first-order valence-electron chi connectivity index (χ1n) is 9.94. The molecule has 29 heavy (non-hydrogen) atoms. The first kappa shape index (κ1) is 20.3. The number of carbonyl (C=O) groups excluding carboxylic acids is 2. The van der Waals surface area contributed by atoms with E-state index in [-0.39, 0.29) is 11.8 Å². The van der Waals surface area contributed by atoms with Crippen molar-refractivity contribution in [3.05, 3.63) is 90.0 Å². The van der Waals surface area contributed by atoms with Crippen molar-refractivity contribution in [3.8, 4) is 11.1 Å². The molecule has 0 aliphatic rings. The Labute approximate surface area is 172 Å². The molecule has 0 aliphatic carbocycles. The molecule has 0 spiro atoms. The van der Waals surface area contributed by atoms with Gasteiger partial charge in [-0.05, 0) is 40.8 Å². The van der Waals surface area contributed by atoms with E-state index in [4.69, 9.17) is 0 Å². The fraction of sp³-hybridized carbons (Fsp3) is 0.200. The third kappa shape index (κ3) is 6.32. The van der Waals surface area contributed by atoms with E-state index in [0.717, 1.165) is 34.4 Å². The van der Waals surface area contributed by atoms with Gasteiger partial charge in [0.2, 0.25) is 11.8 Å². The Kier molecular flexibility index (Phi) is 7.17. The molecule has 0 heterocycles. The van der Waals surface area contributed by atoms with Crippen molar-refractivity contribution in [1.29, 1.82) is 0 Å². The van der Waals surface area contributed by atoms with Gasteiger partial charge in [0.15, 0.2) is 0 Å². The highest BCUT2D eigenvalue weighted by atomic mass is 16.2. The zero-order valence-corrected chi connectivity index (χ0v) is 16.7. The van der Waals surface area contributed by atoms with E-state index in [1.807, 2.05) is 73.7 Å². The summed E-state index contributed by atoms with van der Waals surface area (Å²) in [4.78, 5) is 23.9. The highest BCUT2D eigenvalue weighted by Gasteiger charge is 2.05. The molecule has 3 aromatic rings. The average Bonchev–Trinajstić information content (AvgIpc) is 2.75. The van der Waals surface area contributed by atoms with Crippen LogP contribution in [0, 0.1) is 0 Å². The molecule has 3 aromatic carbocycles. The van der Waals surface area contributed by atoms with Crippen LogP contribution in [0.15, 0.2) is 78.9 Å². The molecule has 0 unspecified atom stereocenters. The van der Waals surface area contributed by atoms with Crippen molar-refractivity contribution in [2.24, 2.45) is 0 Å². The second kappa shape index (κ2) is 10.2. The maximum atomic E-state index is 12.3. The number of carbonyl (C=O) groups is 2. The van der Waals surface area contributed by atoms with Gasteiger partial charge in [-0.15, -0.1) is 0 Å². The minimum absolute atomic E-state index is 0.0159. The Bertz CT molecular complexity index is 933. The summed E-state index contributed by atoms with van der Waals surface area (Å²) in [6, 6.07) is 25.8. The number of nitrogens with one attached hydrogen (secondary N) is 2. The minimum Gasteiger partial charge on any atom is -0.352 e. The summed E-state index contributed by atoms with van der Waals surface area (Å²) >= 11 is 0. The summed E-state index contributed by atoms with van der Waals surface area (Å²) in [6.07, 6.45) is 1.69. The summed E-state index contributed by atoms with van der Waals surface area (Å²) in [7, 11) is 0. The van der Waals surface area contributed by atoms with E-state index in [9.17, 15) is 9.59 Å². The van der Waals surface area contributed by atoms with E-state index in [1.165, 1.54) is 0 Å².